The van der Waals surface area contributed by atoms with Crippen molar-refractivity contribution in [2.75, 3.05) is 18.8 Å². The number of hydrogen-bond acceptors (Lipinski definition) is 4. The third kappa shape index (κ3) is 3.03. The van der Waals surface area contributed by atoms with Crippen molar-refractivity contribution in [2.45, 2.75) is 24.9 Å². The quantitative estimate of drug-likeness (QED) is 0.730. The maximum atomic E-state index is 14.2. The van der Waals surface area contributed by atoms with Crippen molar-refractivity contribution in [1.82, 2.24) is 19.9 Å². The molecule has 0 spiro atoms. The summed E-state index contributed by atoms with van der Waals surface area (Å²) in [4.78, 5) is 2.16. The number of nitrogen functional groups attached to an aromatic ring is 1. The topological polar surface area (TPSA) is 60.0 Å². The zero-order valence-corrected chi connectivity index (χ0v) is 14.3. The number of rotatable bonds is 3. The van der Waals surface area contributed by atoms with E-state index in [1.807, 2.05) is 4.68 Å². The Bertz CT molecular complexity index is 931. The molecule has 5 nitrogen and oxygen atoms in total. The smallest absolute Gasteiger partial charge is 0.130 e. The zero-order valence-electron chi connectivity index (χ0n) is 14.3. The second-order valence-corrected chi connectivity index (χ2v) is 6.73. The second kappa shape index (κ2) is 6.64. The number of aromatic nitrogens is 3. The van der Waals surface area contributed by atoms with Crippen LogP contribution >= 0.6 is 0 Å². The molecule has 2 aromatic carbocycles. The SMILES string of the molecule is [CH2]C(c1ccc(N)cc1F)N1CCC(n2nnc3cc(F)ccc32)CC1. The third-order valence-corrected chi connectivity index (χ3v) is 5.10. The van der Waals surface area contributed by atoms with Crippen LogP contribution in [0.4, 0.5) is 14.5 Å². The number of likely N-dealkylation sites (tertiary alicyclic amines) is 1. The lowest BCUT2D eigenvalue weighted by atomic mass is 9.99. The van der Waals surface area contributed by atoms with E-state index in [-0.39, 0.29) is 23.7 Å². The van der Waals surface area contributed by atoms with E-state index in [9.17, 15) is 8.78 Å². The van der Waals surface area contributed by atoms with E-state index in [0.29, 0.717) is 16.8 Å². The van der Waals surface area contributed by atoms with Gasteiger partial charge in [0.15, 0.2) is 0 Å². The largest absolute Gasteiger partial charge is 0.399 e. The van der Waals surface area contributed by atoms with E-state index < -0.39 is 0 Å². The molecule has 1 aliphatic rings. The maximum Gasteiger partial charge on any atom is 0.130 e. The van der Waals surface area contributed by atoms with E-state index in [2.05, 4.69) is 22.1 Å². The van der Waals surface area contributed by atoms with Crippen LogP contribution in [0.5, 0.6) is 0 Å². The van der Waals surface area contributed by atoms with Crippen molar-refractivity contribution in [3.05, 3.63) is 60.5 Å². The van der Waals surface area contributed by atoms with Crippen molar-refractivity contribution in [3.63, 3.8) is 0 Å². The predicted molar refractivity (Wildman–Crippen MR) is 96.2 cm³/mol. The summed E-state index contributed by atoms with van der Waals surface area (Å²) in [6, 6.07) is 9.18. The van der Waals surface area contributed by atoms with Crippen LogP contribution in [0, 0.1) is 18.6 Å². The molecular formula is C19H20F2N5. The van der Waals surface area contributed by atoms with Gasteiger partial charge in [-0.3, -0.25) is 4.90 Å². The van der Waals surface area contributed by atoms with E-state index >= 15 is 0 Å². The Morgan fingerprint density at radius 2 is 1.88 bits per heavy atom. The fourth-order valence-corrected chi connectivity index (χ4v) is 3.64. The van der Waals surface area contributed by atoms with Gasteiger partial charge in [0.05, 0.1) is 11.6 Å². The van der Waals surface area contributed by atoms with Crippen LogP contribution in [0.15, 0.2) is 36.4 Å². The molecule has 4 rings (SSSR count). The van der Waals surface area contributed by atoms with Gasteiger partial charge in [-0.2, -0.15) is 0 Å². The number of halogens is 2. The molecule has 0 aliphatic carbocycles. The van der Waals surface area contributed by atoms with Gasteiger partial charge < -0.3 is 5.73 Å². The molecule has 1 aliphatic heterocycles. The van der Waals surface area contributed by atoms with Gasteiger partial charge in [0, 0.05) is 36.4 Å². The van der Waals surface area contributed by atoms with Crippen LogP contribution in [0.3, 0.4) is 0 Å². The van der Waals surface area contributed by atoms with Gasteiger partial charge in [-0.25, -0.2) is 13.5 Å². The first-order valence-electron chi connectivity index (χ1n) is 8.65. The molecule has 1 fully saturated rings. The summed E-state index contributed by atoms with van der Waals surface area (Å²) in [5.41, 5.74) is 7.98. The first-order chi connectivity index (χ1) is 12.5. The molecule has 3 aromatic rings. The van der Waals surface area contributed by atoms with Crippen LogP contribution in [-0.2, 0) is 0 Å². The lowest BCUT2D eigenvalue weighted by Crippen LogP contribution is -2.37. The maximum absolute atomic E-state index is 14.2. The highest BCUT2D eigenvalue weighted by molar-refractivity contribution is 5.74. The molecule has 1 unspecified atom stereocenters. The number of fused-ring (bicyclic) bond motifs is 1. The van der Waals surface area contributed by atoms with E-state index in [1.54, 1.807) is 18.2 Å². The Balaban J connectivity index is 1.48. The minimum atomic E-state index is -0.323. The Morgan fingerprint density at radius 3 is 2.62 bits per heavy atom. The minimum absolute atomic E-state index is 0.185. The highest BCUT2D eigenvalue weighted by Crippen LogP contribution is 2.31. The molecule has 1 atom stereocenters. The summed E-state index contributed by atoms with van der Waals surface area (Å²) < 4.78 is 29.4. The summed E-state index contributed by atoms with van der Waals surface area (Å²) in [5, 5.41) is 8.27. The Kier molecular flexibility index (Phi) is 4.32. The molecule has 26 heavy (non-hydrogen) atoms. The highest BCUT2D eigenvalue weighted by Gasteiger charge is 2.27. The second-order valence-electron chi connectivity index (χ2n) is 6.73. The predicted octanol–water partition coefficient (Wildman–Crippen LogP) is 3.50. The van der Waals surface area contributed by atoms with Crippen molar-refractivity contribution in [2.24, 2.45) is 0 Å². The van der Waals surface area contributed by atoms with Crippen molar-refractivity contribution < 1.29 is 8.78 Å². The number of anilines is 1. The number of nitrogens with two attached hydrogens (primary N) is 1. The van der Waals surface area contributed by atoms with Crippen molar-refractivity contribution in [3.8, 4) is 0 Å². The normalized spacial score (nSPS) is 17.7. The highest BCUT2D eigenvalue weighted by atomic mass is 19.1. The van der Waals surface area contributed by atoms with Gasteiger partial charge in [-0.1, -0.05) is 11.3 Å². The van der Waals surface area contributed by atoms with Crippen LogP contribution in [0.25, 0.3) is 11.0 Å². The summed E-state index contributed by atoms with van der Waals surface area (Å²) in [5.74, 6) is -0.638. The molecule has 1 aromatic heterocycles. The molecular weight excluding hydrogens is 336 g/mol. The van der Waals surface area contributed by atoms with Crippen LogP contribution in [-0.4, -0.2) is 33.0 Å². The molecule has 7 heteroatoms. The lowest BCUT2D eigenvalue weighted by molar-refractivity contribution is 0.150. The van der Waals surface area contributed by atoms with E-state index in [1.165, 1.54) is 18.2 Å². The first-order valence-corrected chi connectivity index (χ1v) is 8.65. The molecule has 0 saturated carbocycles. The fourth-order valence-electron chi connectivity index (χ4n) is 3.64. The Labute approximate surface area is 150 Å². The minimum Gasteiger partial charge on any atom is -0.399 e. The lowest BCUT2D eigenvalue weighted by Gasteiger charge is -2.36. The summed E-state index contributed by atoms with van der Waals surface area (Å²) in [7, 11) is 0. The third-order valence-electron chi connectivity index (χ3n) is 5.10. The Morgan fingerprint density at radius 1 is 1.12 bits per heavy atom. The molecule has 135 valence electrons. The summed E-state index contributed by atoms with van der Waals surface area (Å²) >= 11 is 0. The monoisotopic (exact) mass is 356 g/mol. The van der Waals surface area contributed by atoms with Gasteiger partial charge >= 0.3 is 0 Å². The average Bonchev–Trinajstić information content (AvgIpc) is 3.04. The molecule has 0 bridgehead atoms. The summed E-state index contributed by atoms with van der Waals surface area (Å²) in [6.45, 7) is 5.68. The molecule has 2 heterocycles. The molecule has 0 amide bonds. The number of nitrogens with zero attached hydrogens (tertiary/aromatic N) is 4. The first kappa shape index (κ1) is 16.9. The number of hydrogen-bond donors (Lipinski definition) is 1. The van der Waals surface area contributed by atoms with E-state index in [4.69, 9.17) is 5.73 Å². The van der Waals surface area contributed by atoms with Crippen LogP contribution in [0.2, 0.25) is 0 Å². The molecule has 1 saturated heterocycles. The Hall–Kier alpha value is -2.54. The van der Waals surface area contributed by atoms with Crippen molar-refractivity contribution in [1.29, 1.82) is 0 Å². The average molecular weight is 356 g/mol. The van der Waals surface area contributed by atoms with E-state index in [0.717, 1.165) is 31.4 Å². The standard InChI is InChI=1S/C19H20F2N5/c1-12(16-4-3-14(22)11-17(16)21)25-8-6-15(7-9-25)26-19-5-2-13(20)10-18(19)23-24-26/h2-5,10-12,15H,1,6-9,22H2. The van der Waals surface area contributed by atoms with Gasteiger partial charge in [-0.15, -0.1) is 5.10 Å². The van der Waals surface area contributed by atoms with Gasteiger partial charge in [0.1, 0.15) is 17.2 Å². The van der Waals surface area contributed by atoms with Crippen LogP contribution in [0.1, 0.15) is 30.5 Å². The fraction of sp³-hybridized carbons (Fsp3) is 0.316. The number of piperidine rings is 1. The summed E-state index contributed by atoms with van der Waals surface area (Å²) in [6.07, 6.45) is 1.69. The molecule has 1 radical (unpaired) electrons. The molecule has 2 N–H and O–H groups in total. The van der Waals surface area contributed by atoms with Crippen LogP contribution < -0.4 is 5.73 Å². The van der Waals surface area contributed by atoms with Gasteiger partial charge in [0.2, 0.25) is 0 Å². The zero-order chi connectivity index (χ0) is 18.3. The number of benzene rings is 2. The van der Waals surface area contributed by atoms with Gasteiger partial charge in [-0.05, 0) is 44.0 Å². The van der Waals surface area contributed by atoms with Gasteiger partial charge in [0.25, 0.3) is 0 Å². The van der Waals surface area contributed by atoms with Crippen molar-refractivity contribution >= 4 is 16.7 Å².